The standard InChI is InChI=1S/C27H45N3O5/c1-19(2)10-9-15-28-22(31)11-13-27(7,8)35-17-14-26(5,6)29-23(32)12-16-30-24(33)18-21(20(3)4)25(30)34/h19-21H,11-18H2,1-8H3,(H,28,31)(H,29,32). The molecule has 1 atom stereocenters. The minimum absolute atomic E-state index is 0.0537. The van der Waals surface area contributed by atoms with E-state index in [-0.39, 0.29) is 60.8 Å². The van der Waals surface area contributed by atoms with Gasteiger partial charge in [0.15, 0.2) is 0 Å². The largest absolute Gasteiger partial charge is 0.375 e. The van der Waals surface area contributed by atoms with Gasteiger partial charge in [0.1, 0.15) is 0 Å². The highest BCUT2D eigenvalue weighted by Gasteiger charge is 2.40. The van der Waals surface area contributed by atoms with Gasteiger partial charge in [-0.1, -0.05) is 39.5 Å². The smallest absolute Gasteiger partial charge is 0.233 e. The molecule has 0 aromatic carbocycles. The molecule has 0 aromatic heterocycles. The van der Waals surface area contributed by atoms with Crippen molar-refractivity contribution in [1.82, 2.24) is 15.5 Å². The number of hydrogen-bond acceptors (Lipinski definition) is 5. The molecular weight excluding hydrogens is 446 g/mol. The Kier molecular flexibility index (Phi) is 11.9. The third kappa shape index (κ3) is 11.7. The molecule has 0 saturated carbocycles. The van der Waals surface area contributed by atoms with E-state index in [0.717, 1.165) is 0 Å². The normalized spacial score (nSPS) is 16.5. The van der Waals surface area contributed by atoms with Crippen LogP contribution in [-0.2, 0) is 23.9 Å². The highest BCUT2D eigenvalue weighted by Crippen LogP contribution is 2.26. The molecule has 0 aromatic rings. The van der Waals surface area contributed by atoms with Crippen LogP contribution in [-0.4, -0.2) is 59.4 Å². The molecule has 1 aliphatic heterocycles. The van der Waals surface area contributed by atoms with Gasteiger partial charge in [-0.15, -0.1) is 0 Å². The maximum Gasteiger partial charge on any atom is 0.233 e. The molecule has 8 heteroatoms. The predicted molar refractivity (Wildman–Crippen MR) is 136 cm³/mol. The van der Waals surface area contributed by atoms with Crippen LogP contribution in [0.15, 0.2) is 0 Å². The molecule has 1 fully saturated rings. The summed E-state index contributed by atoms with van der Waals surface area (Å²) in [5.74, 6) is 5.40. The number of carbonyl (C=O) groups is 4. The van der Waals surface area contributed by atoms with Crippen LogP contribution < -0.4 is 10.6 Å². The van der Waals surface area contributed by atoms with Gasteiger partial charge in [-0.3, -0.25) is 24.1 Å². The van der Waals surface area contributed by atoms with E-state index < -0.39 is 11.1 Å². The van der Waals surface area contributed by atoms with Gasteiger partial charge in [0, 0.05) is 49.8 Å². The lowest BCUT2D eigenvalue weighted by Gasteiger charge is -2.30. The Hall–Kier alpha value is -2.40. The zero-order valence-electron chi connectivity index (χ0n) is 22.9. The third-order valence-electron chi connectivity index (χ3n) is 6.06. The summed E-state index contributed by atoms with van der Waals surface area (Å²) in [6.45, 7) is 16.4. The second-order valence-corrected chi connectivity index (χ2v) is 11.2. The molecule has 1 heterocycles. The Labute approximate surface area is 211 Å². The average Bonchev–Trinajstić information content (AvgIpc) is 3.01. The number of ether oxygens (including phenoxy) is 1. The van der Waals surface area contributed by atoms with Gasteiger partial charge in [-0.25, -0.2) is 0 Å². The second-order valence-electron chi connectivity index (χ2n) is 11.2. The molecule has 1 rings (SSSR count). The Morgan fingerprint density at radius 1 is 1.06 bits per heavy atom. The van der Waals surface area contributed by atoms with Crippen LogP contribution in [0.3, 0.4) is 0 Å². The Balaban J connectivity index is 2.36. The molecule has 0 radical (unpaired) electrons. The van der Waals surface area contributed by atoms with Crippen LogP contribution in [0.1, 0.15) is 87.5 Å². The number of nitrogens with zero attached hydrogens (tertiary/aromatic N) is 1. The fraction of sp³-hybridized carbons (Fsp3) is 0.778. The first-order valence-electron chi connectivity index (χ1n) is 12.7. The van der Waals surface area contributed by atoms with E-state index in [1.165, 1.54) is 4.90 Å². The Morgan fingerprint density at radius 2 is 1.71 bits per heavy atom. The number of likely N-dealkylation sites (tertiary alicyclic amines) is 1. The molecule has 35 heavy (non-hydrogen) atoms. The summed E-state index contributed by atoms with van der Waals surface area (Å²) in [5, 5.41) is 5.77. The van der Waals surface area contributed by atoms with Crippen molar-refractivity contribution >= 4 is 23.6 Å². The number of nitrogens with one attached hydrogen (secondary N) is 2. The summed E-state index contributed by atoms with van der Waals surface area (Å²) in [6.07, 6.45) is 1.80. The zero-order chi connectivity index (χ0) is 26.8. The fourth-order valence-corrected chi connectivity index (χ4v) is 3.74. The third-order valence-corrected chi connectivity index (χ3v) is 6.06. The van der Waals surface area contributed by atoms with Gasteiger partial charge in [-0.05, 0) is 46.5 Å². The lowest BCUT2D eigenvalue weighted by molar-refractivity contribution is -0.140. The molecule has 2 N–H and O–H groups in total. The van der Waals surface area contributed by atoms with Crippen molar-refractivity contribution in [1.29, 1.82) is 0 Å². The van der Waals surface area contributed by atoms with E-state index in [1.807, 2.05) is 55.4 Å². The highest BCUT2D eigenvalue weighted by atomic mass is 16.5. The van der Waals surface area contributed by atoms with Crippen molar-refractivity contribution in [2.45, 2.75) is 98.6 Å². The second kappa shape index (κ2) is 13.6. The maximum absolute atomic E-state index is 12.5. The summed E-state index contributed by atoms with van der Waals surface area (Å²) in [7, 11) is 0. The highest BCUT2D eigenvalue weighted by molar-refractivity contribution is 6.03. The number of amides is 4. The minimum atomic E-state index is -0.515. The van der Waals surface area contributed by atoms with Crippen molar-refractivity contribution < 1.29 is 23.9 Å². The average molecular weight is 492 g/mol. The molecule has 1 unspecified atom stereocenters. The summed E-state index contributed by atoms with van der Waals surface area (Å²) < 4.78 is 6.00. The maximum atomic E-state index is 12.5. The van der Waals surface area contributed by atoms with Crippen molar-refractivity contribution in [2.75, 3.05) is 19.7 Å². The van der Waals surface area contributed by atoms with Crippen LogP contribution in [0.2, 0.25) is 0 Å². The van der Waals surface area contributed by atoms with Crippen LogP contribution in [0.25, 0.3) is 0 Å². The van der Waals surface area contributed by atoms with E-state index >= 15 is 0 Å². The van der Waals surface area contributed by atoms with Gasteiger partial charge < -0.3 is 15.4 Å². The summed E-state index contributed by atoms with van der Waals surface area (Å²) in [5.41, 5.74) is -0.996. The van der Waals surface area contributed by atoms with E-state index in [2.05, 4.69) is 22.5 Å². The Morgan fingerprint density at radius 3 is 2.29 bits per heavy atom. The van der Waals surface area contributed by atoms with Crippen LogP contribution in [0.4, 0.5) is 0 Å². The first-order valence-corrected chi connectivity index (χ1v) is 12.7. The molecule has 1 aliphatic rings. The van der Waals surface area contributed by atoms with Gasteiger partial charge in [0.25, 0.3) is 0 Å². The lowest BCUT2D eigenvalue weighted by atomic mass is 9.94. The van der Waals surface area contributed by atoms with Crippen LogP contribution in [0, 0.1) is 29.6 Å². The van der Waals surface area contributed by atoms with Gasteiger partial charge >= 0.3 is 0 Å². The fourth-order valence-electron chi connectivity index (χ4n) is 3.74. The van der Waals surface area contributed by atoms with Gasteiger partial charge in [0.05, 0.1) is 12.1 Å². The number of rotatable bonds is 13. The summed E-state index contributed by atoms with van der Waals surface area (Å²) in [6, 6.07) is 0. The lowest BCUT2D eigenvalue weighted by Crippen LogP contribution is -2.46. The molecule has 4 amide bonds. The van der Waals surface area contributed by atoms with Crippen molar-refractivity contribution in [3.05, 3.63) is 0 Å². The topological polar surface area (TPSA) is 105 Å². The van der Waals surface area contributed by atoms with Crippen molar-refractivity contribution in [3.63, 3.8) is 0 Å². The monoisotopic (exact) mass is 491 g/mol. The number of hydrogen-bond donors (Lipinski definition) is 2. The Bertz CT molecular complexity index is 820. The van der Waals surface area contributed by atoms with E-state index in [4.69, 9.17) is 4.74 Å². The molecule has 198 valence electrons. The molecule has 8 nitrogen and oxygen atoms in total. The predicted octanol–water partition coefficient (Wildman–Crippen LogP) is 3.04. The quantitative estimate of drug-likeness (QED) is 0.304. The van der Waals surface area contributed by atoms with Crippen molar-refractivity contribution in [3.8, 4) is 11.8 Å². The van der Waals surface area contributed by atoms with E-state index in [1.54, 1.807) is 0 Å². The zero-order valence-corrected chi connectivity index (χ0v) is 22.9. The van der Waals surface area contributed by atoms with Crippen LogP contribution in [0.5, 0.6) is 0 Å². The SMILES string of the molecule is CC(C)C#CCNC(=O)CCC(C)(C)OCCC(C)(C)NC(=O)CCN1C(=O)CC(C(C)C)C1=O. The van der Waals surface area contributed by atoms with Gasteiger partial charge in [-0.2, -0.15) is 0 Å². The molecular formula is C27H45N3O5. The van der Waals surface area contributed by atoms with Crippen LogP contribution >= 0.6 is 0 Å². The minimum Gasteiger partial charge on any atom is -0.375 e. The van der Waals surface area contributed by atoms with Crippen molar-refractivity contribution in [2.24, 2.45) is 17.8 Å². The van der Waals surface area contributed by atoms with E-state index in [9.17, 15) is 19.2 Å². The van der Waals surface area contributed by atoms with Gasteiger partial charge in [0.2, 0.25) is 23.6 Å². The first kappa shape index (κ1) is 30.6. The summed E-state index contributed by atoms with van der Waals surface area (Å²) in [4.78, 5) is 50.2. The molecule has 1 saturated heterocycles. The molecule has 0 spiro atoms. The molecule has 0 aliphatic carbocycles. The molecule has 0 bridgehead atoms. The number of carbonyl (C=O) groups excluding carboxylic acids is 4. The summed E-state index contributed by atoms with van der Waals surface area (Å²) >= 11 is 0. The van der Waals surface area contributed by atoms with E-state index in [0.29, 0.717) is 32.4 Å². The number of imide groups is 1. The first-order chi connectivity index (χ1) is 16.1.